The molecule has 1 atom stereocenters. The zero-order chi connectivity index (χ0) is 13.1. The average molecular weight is 253 g/mol. The Morgan fingerprint density at radius 3 is 1.81 bits per heavy atom. The zero-order valence-corrected chi connectivity index (χ0v) is 8.02. The van der Waals surface area contributed by atoms with Crippen LogP contribution in [0.3, 0.4) is 0 Å². The lowest BCUT2D eigenvalue weighted by Gasteiger charge is -2.26. The van der Waals surface area contributed by atoms with Crippen molar-refractivity contribution in [2.45, 2.75) is 25.3 Å². The van der Waals surface area contributed by atoms with E-state index in [2.05, 4.69) is 10.5 Å². The van der Waals surface area contributed by atoms with E-state index in [0.717, 1.165) is 0 Å². The first kappa shape index (κ1) is 15.0. The Balaban J connectivity index is 5.00. The molecule has 0 aliphatic rings. The van der Waals surface area contributed by atoms with Crippen LogP contribution < -0.4 is 5.73 Å². The fourth-order valence-electron chi connectivity index (χ4n) is 0.967. The molecule has 2 N–H and O–H groups in total. The van der Waals surface area contributed by atoms with Gasteiger partial charge in [0.25, 0.3) is 0 Å². The molecule has 0 unspecified atom stereocenters. The van der Waals surface area contributed by atoms with Gasteiger partial charge in [0.15, 0.2) is 5.92 Å². The molecule has 0 aromatic heterocycles. The van der Waals surface area contributed by atoms with Gasteiger partial charge in [-0.25, -0.2) is 0 Å². The van der Waals surface area contributed by atoms with Crippen molar-refractivity contribution in [3.63, 3.8) is 0 Å². The Labute approximate surface area is 86.5 Å². The van der Waals surface area contributed by atoms with Crippen molar-refractivity contribution >= 4 is 5.97 Å². The van der Waals surface area contributed by atoms with Crippen LogP contribution in [-0.2, 0) is 9.53 Å². The Bertz CT molecular complexity index is 234. The third kappa shape index (κ3) is 3.87. The third-order valence-electron chi connectivity index (χ3n) is 1.62. The lowest BCUT2D eigenvalue weighted by atomic mass is 9.99. The number of alkyl halides is 6. The third-order valence-corrected chi connectivity index (χ3v) is 1.62. The summed E-state index contributed by atoms with van der Waals surface area (Å²) in [5.74, 6) is -5.65. The van der Waals surface area contributed by atoms with Crippen LogP contribution in [0.5, 0.6) is 0 Å². The normalized spacial score (nSPS) is 15.1. The smallest absolute Gasteiger partial charge is 0.402 e. The second-order valence-corrected chi connectivity index (χ2v) is 2.84. The molecule has 9 heteroatoms. The zero-order valence-electron chi connectivity index (χ0n) is 8.02. The van der Waals surface area contributed by atoms with Gasteiger partial charge < -0.3 is 10.5 Å². The topological polar surface area (TPSA) is 52.3 Å². The van der Waals surface area contributed by atoms with Gasteiger partial charge in [-0.2, -0.15) is 26.3 Å². The molecule has 0 aliphatic carbocycles. The van der Waals surface area contributed by atoms with Gasteiger partial charge in [-0.15, -0.1) is 0 Å². The van der Waals surface area contributed by atoms with Gasteiger partial charge in [0.1, 0.15) is 6.04 Å². The fraction of sp³-hybridized carbons (Fsp3) is 0.857. The van der Waals surface area contributed by atoms with E-state index in [9.17, 15) is 31.1 Å². The van der Waals surface area contributed by atoms with Gasteiger partial charge in [-0.3, -0.25) is 4.79 Å². The van der Waals surface area contributed by atoms with E-state index < -0.39 is 30.3 Å². The SMILES string of the molecule is CCOC(=O)[C@@H](N)C(C(F)(F)F)C(F)(F)F. The molecule has 0 aliphatic heterocycles. The minimum atomic E-state index is -5.65. The van der Waals surface area contributed by atoms with Gasteiger partial charge >= 0.3 is 18.3 Å². The molecule has 0 fully saturated rings. The minimum Gasteiger partial charge on any atom is -0.465 e. The highest BCUT2D eigenvalue weighted by atomic mass is 19.4. The van der Waals surface area contributed by atoms with Gasteiger partial charge in [0, 0.05) is 0 Å². The highest BCUT2D eigenvalue weighted by Crippen LogP contribution is 2.40. The maximum absolute atomic E-state index is 12.1. The molecule has 0 saturated carbocycles. The van der Waals surface area contributed by atoms with E-state index in [1.54, 1.807) is 0 Å². The standard InChI is InChI=1S/C7H9F6NO2/c1-2-16-5(15)3(14)4(6(8,9)10)7(11,12)13/h3-4H,2,14H2,1H3/t3-/m0/s1. The number of hydrogen-bond donors (Lipinski definition) is 1. The van der Waals surface area contributed by atoms with Crippen molar-refractivity contribution in [3.8, 4) is 0 Å². The van der Waals surface area contributed by atoms with Crippen LogP contribution in [0.2, 0.25) is 0 Å². The van der Waals surface area contributed by atoms with Crippen LogP contribution in [0.25, 0.3) is 0 Å². The Hall–Kier alpha value is -0.990. The van der Waals surface area contributed by atoms with Gasteiger partial charge in [-0.1, -0.05) is 0 Å². The highest BCUT2D eigenvalue weighted by Gasteiger charge is 2.61. The Morgan fingerprint density at radius 2 is 1.56 bits per heavy atom. The largest absolute Gasteiger partial charge is 0.465 e. The van der Waals surface area contributed by atoms with Gasteiger partial charge in [0.2, 0.25) is 0 Å². The van der Waals surface area contributed by atoms with Crippen molar-refractivity contribution in [1.82, 2.24) is 0 Å². The summed E-state index contributed by atoms with van der Waals surface area (Å²) in [6, 6.07) is -2.81. The number of rotatable bonds is 3. The summed E-state index contributed by atoms with van der Waals surface area (Å²) in [7, 11) is 0. The second kappa shape index (κ2) is 4.89. The van der Waals surface area contributed by atoms with Gasteiger partial charge in [0.05, 0.1) is 6.61 Å². The van der Waals surface area contributed by atoms with E-state index in [1.807, 2.05) is 0 Å². The monoisotopic (exact) mass is 253 g/mol. The molecule has 96 valence electrons. The summed E-state index contributed by atoms with van der Waals surface area (Å²) in [5.41, 5.74) is 4.61. The van der Waals surface area contributed by atoms with E-state index in [1.165, 1.54) is 6.92 Å². The number of esters is 1. The number of carbonyl (C=O) groups excluding carboxylic acids is 1. The summed E-state index contributed by atoms with van der Waals surface area (Å²) in [6.07, 6.45) is -11.3. The van der Waals surface area contributed by atoms with Crippen LogP contribution in [0.1, 0.15) is 6.92 Å². The molecule has 3 nitrogen and oxygen atoms in total. The van der Waals surface area contributed by atoms with E-state index in [4.69, 9.17) is 0 Å². The predicted molar refractivity (Wildman–Crippen MR) is 40.2 cm³/mol. The molecule has 0 radical (unpaired) electrons. The molecular weight excluding hydrogens is 244 g/mol. The molecule has 0 bridgehead atoms. The molecule has 0 amide bonds. The van der Waals surface area contributed by atoms with Crippen molar-refractivity contribution in [2.75, 3.05) is 6.61 Å². The highest BCUT2D eigenvalue weighted by molar-refractivity contribution is 5.76. The number of ether oxygens (including phenoxy) is 1. The summed E-state index contributed by atoms with van der Waals surface area (Å²) in [4.78, 5) is 10.7. The quantitative estimate of drug-likeness (QED) is 0.614. The molecular formula is C7H9F6NO2. The number of nitrogens with two attached hydrogens (primary N) is 1. The van der Waals surface area contributed by atoms with Crippen molar-refractivity contribution in [2.24, 2.45) is 11.7 Å². The number of halogens is 6. The maximum Gasteiger partial charge on any atom is 0.402 e. The van der Waals surface area contributed by atoms with E-state index in [0.29, 0.717) is 0 Å². The van der Waals surface area contributed by atoms with E-state index >= 15 is 0 Å². The molecule has 0 rings (SSSR count). The lowest BCUT2D eigenvalue weighted by molar-refractivity contribution is -0.289. The first-order valence-corrected chi connectivity index (χ1v) is 4.07. The van der Waals surface area contributed by atoms with Crippen LogP contribution in [-0.4, -0.2) is 31.0 Å². The Kier molecular flexibility index (Phi) is 4.59. The van der Waals surface area contributed by atoms with Crippen LogP contribution in [0.4, 0.5) is 26.3 Å². The van der Waals surface area contributed by atoms with Gasteiger partial charge in [-0.05, 0) is 6.92 Å². The summed E-state index contributed by atoms with van der Waals surface area (Å²) >= 11 is 0. The Morgan fingerprint density at radius 1 is 1.19 bits per heavy atom. The lowest BCUT2D eigenvalue weighted by Crippen LogP contribution is -2.53. The summed E-state index contributed by atoms with van der Waals surface area (Å²) in [5, 5.41) is 0. The van der Waals surface area contributed by atoms with Crippen LogP contribution in [0, 0.1) is 5.92 Å². The van der Waals surface area contributed by atoms with E-state index in [-0.39, 0.29) is 6.61 Å². The number of hydrogen-bond acceptors (Lipinski definition) is 3. The summed E-state index contributed by atoms with van der Waals surface area (Å²) < 4.78 is 76.4. The number of carbonyl (C=O) groups is 1. The van der Waals surface area contributed by atoms with Crippen molar-refractivity contribution in [1.29, 1.82) is 0 Å². The van der Waals surface area contributed by atoms with Crippen LogP contribution in [0.15, 0.2) is 0 Å². The molecule has 16 heavy (non-hydrogen) atoms. The predicted octanol–water partition coefficient (Wildman–Crippen LogP) is 1.62. The first-order chi connectivity index (χ1) is 7.01. The summed E-state index contributed by atoms with van der Waals surface area (Å²) in [6.45, 7) is 0.885. The van der Waals surface area contributed by atoms with Crippen molar-refractivity contribution in [3.05, 3.63) is 0 Å². The molecule has 0 saturated heterocycles. The second-order valence-electron chi connectivity index (χ2n) is 2.84. The molecule has 0 spiro atoms. The first-order valence-electron chi connectivity index (χ1n) is 4.07. The van der Waals surface area contributed by atoms with Crippen molar-refractivity contribution < 1.29 is 35.9 Å². The maximum atomic E-state index is 12.1. The van der Waals surface area contributed by atoms with Crippen LogP contribution >= 0.6 is 0 Å². The molecule has 0 heterocycles. The average Bonchev–Trinajstić information content (AvgIpc) is 1.98. The molecule has 0 aromatic carbocycles. The molecule has 0 aromatic rings. The minimum absolute atomic E-state index is 0.352. The fourth-order valence-corrected chi connectivity index (χ4v) is 0.967.